The second-order valence-electron chi connectivity index (χ2n) is 8.76. The Morgan fingerprint density at radius 3 is 2.36 bits per heavy atom. The van der Waals surface area contributed by atoms with E-state index in [0.29, 0.717) is 47.4 Å². The third-order valence-electron chi connectivity index (χ3n) is 6.69. The maximum atomic E-state index is 14.0. The summed E-state index contributed by atoms with van der Waals surface area (Å²) in [6, 6.07) is 11.1. The Morgan fingerprint density at radius 2 is 1.70 bits per heavy atom. The first-order valence-electron chi connectivity index (χ1n) is 11.4. The van der Waals surface area contributed by atoms with Gasteiger partial charge in [-0.2, -0.15) is 0 Å². The Morgan fingerprint density at radius 1 is 1.00 bits per heavy atom. The van der Waals surface area contributed by atoms with E-state index in [1.807, 2.05) is 0 Å². The number of rotatable bonds is 6. The zero-order chi connectivity index (χ0) is 23.4. The largest absolute Gasteiger partial charge is 0.351 e. The van der Waals surface area contributed by atoms with Crippen molar-refractivity contribution in [3.05, 3.63) is 69.5 Å². The van der Waals surface area contributed by atoms with Crippen molar-refractivity contribution in [1.29, 1.82) is 0 Å². The Labute approximate surface area is 203 Å². The molecule has 1 atom stereocenters. The SMILES string of the molecule is O=C(NCc1ccccc1F)C(C1CCCC1)N1CCN(C(=O)c2ccc(Cl)c(Cl)c2)CC1. The molecule has 0 bridgehead atoms. The van der Waals surface area contributed by atoms with Gasteiger partial charge in [0.05, 0.1) is 16.1 Å². The van der Waals surface area contributed by atoms with Crippen molar-refractivity contribution in [3.8, 4) is 0 Å². The summed E-state index contributed by atoms with van der Waals surface area (Å²) in [5, 5.41) is 3.73. The second-order valence-corrected chi connectivity index (χ2v) is 9.57. The third-order valence-corrected chi connectivity index (χ3v) is 7.43. The fourth-order valence-electron chi connectivity index (χ4n) is 4.89. The molecule has 176 valence electrons. The molecule has 2 aromatic rings. The molecular weight excluding hydrogens is 464 g/mol. The van der Waals surface area contributed by atoms with Crippen LogP contribution in [0.3, 0.4) is 0 Å². The summed E-state index contributed by atoms with van der Waals surface area (Å²) < 4.78 is 14.0. The van der Waals surface area contributed by atoms with Crippen LogP contribution in [0.25, 0.3) is 0 Å². The van der Waals surface area contributed by atoms with Crippen LogP contribution >= 0.6 is 23.2 Å². The van der Waals surface area contributed by atoms with E-state index in [1.165, 1.54) is 6.07 Å². The van der Waals surface area contributed by atoms with Gasteiger partial charge in [0.2, 0.25) is 5.91 Å². The lowest BCUT2D eigenvalue weighted by Crippen LogP contribution is -2.57. The van der Waals surface area contributed by atoms with E-state index in [9.17, 15) is 14.0 Å². The summed E-state index contributed by atoms with van der Waals surface area (Å²) in [5.41, 5.74) is 0.987. The summed E-state index contributed by atoms with van der Waals surface area (Å²) in [4.78, 5) is 30.1. The molecule has 33 heavy (non-hydrogen) atoms. The fourth-order valence-corrected chi connectivity index (χ4v) is 5.19. The Balaban J connectivity index is 1.40. The minimum absolute atomic E-state index is 0.0607. The van der Waals surface area contributed by atoms with Gasteiger partial charge in [0.15, 0.2) is 0 Å². The van der Waals surface area contributed by atoms with Crippen LogP contribution in [-0.2, 0) is 11.3 Å². The molecule has 2 aromatic carbocycles. The summed E-state index contributed by atoms with van der Waals surface area (Å²) in [7, 11) is 0. The van der Waals surface area contributed by atoms with Gasteiger partial charge in [0.25, 0.3) is 5.91 Å². The number of hydrogen-bond acceptors (Lipinski definition) is 3. The first-order valence-corrected chi connectivity index (χ1v) is 12.2. The van der Waals surface area contributed by atoms with Gasteiger partial charge in [-0.3, -0.25) is 14.5 Å². The smallest absolute Gasteiger partial charge is 0.253 e. The second kappa shape index (κ2) is 10.9. The monoisotopic (exact) mass is 491 g/mol. The van der Waals surface area contributed by atoms with Crippen LogP contribution in [0.2, 0.25) is 10.0 Å². The zero-order valence-corrected chi connectivity index (χ0v) is 19.9. The lowest BCUT2D eigenvalue weighted by molar-refractivity contribution is -0.129. The topological polar surface area (TPSA) is 52.7 Å². The van der Waals surface area contributed by atoms with Gasteiger partial charge in [-0.1, -0.05) is 54.2 Å². The quantitative estimate of drug-likeness (QED) is 0.633. The molecule has 2 fully saturated rings. The normalized spacial score (nSPS) is 18.3. The van der Waals surface area contributed by atoms with E-state index in [-0.39, 0.29) is 36.1 Å². The summed E-state index contributed by atoms with van der Waals surface area (Å²) in [6.07, 6.45) is 4.27. The minimum atomic E-state index is -0.315. The lowest BCUT2D eigenvalue weighted by atomic mass is 9.94. The number of nitrogens with one attached hydrogen (secondary N) is 1. The predicted molar refractivity (Wildman–Crippen MR) is 128 cm³/mol. The van der Waals surface area contributed by atoms with Crippen LogP contribution in [0, 0.1) is 11.7 Å². The fraction of sp³-hybridized carbons (Fsp3) is 0.440. The Bertz CT molecular complexity index is 1000. The molecule has 8 heteroatoms. The molecule has 1 N–H and O–H groups in total. The highest BCUT2D eigenvalue weighted by Gasteiger charge is 2.37. The predicted octanol–water partition coefficient (Wildman–Crippen LogP) is 4.77. The van der Waals surface area contributed by atoms with Crippen molar-refractivity contribution in [2.45, 2.75) is 38.3 Å². The van der Waals surface area contributed by atoms with Crippen LogP contribution in [0.5, 0.6) is 0 Å². The number of carbonyl (C=O) groups excluding carboxylic acids is 2. The molecule has 0 spiro atoms. The zero-order valence-electron chi connectivity index (χ0n) is 18.4. The molecular formula is C25H28Cl2FN3O2. The molecule has 1 aliphatic heterocycles. The highest BCUT2D eigenvalue weighted by atomic mass is 35.5. The van der Waals surface area contributed by atoms with Gasteiger partial charge in [0.1, 0.15) is 5.82 Å². The van der Waals surface area contributed by atoms with E-state index in [0.717, 1.165) is 25.7 Å². The molecule has 1 aliphatic carbocycles. The molecule has 2 aliphatic rings. The van der Waals surface area contributed by atoms with E-state index >= 15 is 0 Å². The number of carbonyl (C=O) groups is 2. The van der Waals surface area contributed by atoms with E-state index in [4.69, 9.17) is 23.2 Å². The van der Waals surface area contributed by atoms with E-state index in [2.05, 4.69) is 10.2 Å². The molecule has 2 amide bonds. The van der Waals surface area contributed by atoms with Gasteiger partial charge in [0, 0.05) is 43.9 Å². The standard InChI is InChI=1S/C25H28Cl2FN3O2/c26-20-10-9-18(15-21(20)27)25(33)31-13-11-30(12-14-31)23(17-5-1-2-6-17)24(32)29-16-19-7-3-4-8-22(19)28/h3-4,7-10,15,17,23H,1-2,5-6,11-14,16H2,(H,29,32). The maximum Gasteiger partial charge on any atom is 0.253 e. The molecule has 5 nitrogen and oxygen atoms in total. The van der Waals surface area contributed by atoms with Crippen LogP contribution in [0.15, 0.2) is 42.5 Å². The van der Waals surface area contributed by atoms with Crippen LogP contribution in [-0.4, -0.2) is 53.8 Å². The van der Waals surface area contributed by atoms with Crippen molar-refractivity contribution in [2.75, 3.05) is 26.2 Å². The molecule has 1 heterocycles. The van der Waals surface area contributed by atoms with Gasteiger partial charge in [-0.15, -0.1) is 0 Å². The lowest BCUT2D eigenvalue weighted by Gasteiger charge is -2.40. The highest BCUT2D eigenvalue weighted by molar-refractivity contribution is 6.42. The van der Waals surface area contributed by atoms with Crippen LogP contribution < -0.4 is 5.32 Å². The number of amides is 2. The van der Waals surface area contributed by atoms with Gasteiger partial charge < -0.3 is 10.2 Å². The summed E-state index contributed by atoms with van der Waals surface area (Å²) in [6.45, 7) is 2.46. The first kappa shape index (κ1) is 24.0. The number of benzene rings is 2. The van der Waals surface area contributed by atoms with Crippen molar-refractivity contribution >= 4 is 35.0 Å². The van der Waals surface area contributed by atoms with E-state index < -0.39 is 0 Å². The maximum absolute atomic E-state index is 14.0. The highest BCUT2D eigenvalue weighted by Crippen LogP contribution is 2.31. The Kier molecular flexibility index (Phi) is 7.89. The van der Waals surface area contributed by atoms with Crippen molar-refractivity contribution in [3.63, 3.8) is 0 Å². The molecule has 1 unspecified atom stereocenters. The van der Waals surface area contributed by atoms with Crippen LogP contribution in [0.1, 0.15) is 41.6 Å². The van der Waals surface area contributed by atoms with Gasteiger partial charge >= 0.3 is 0 Å². The summed E-state index contributed by atoms with van der Waals surface area (Å²) in [5.74, 6) is -0.184. The minimum Gasteiger partial charge on any atom is -0.351 e. The molecule has 1 saturated carbocycles. The average Bonchev–Trinajstić information content (AvgIpc) is 3.35. The van der Waals surface area contributed by atoms with Crippen molar-refractivity contribution in [2.24, 2.45) is 5.92 Å². The third kappa shape index (κ3) is 5.68. The van der Waals surface area contributed by atoms with Crippen molar-refractivity contribution in [1.82, 2.24) is 15.1 Å². The summed E-state index contributed by atoms with van der Waals surface area (Å²) >= 11 is 12.0. The Hall–Kier alpha value is -2.15. The van der Waals surface area contributed by atoms with Crippen molar-refractivity contribution < 1.29 is 14.0 Å². The van der Waals surface area contributed by atoms with E-state index in [1.54, 1.807) is 41.3 Å². The molecule has 1 saturated heterocycles. The number of hydrogen-bond donors (Lipinski definition) is 1. The van der Waals surface area contributed by atoms with Crippen LogP contribution in [0.4, 0.5) is 4.39 Å². The van der Waals surface area contributed by atoms with Gasteiger partial charge in [-0.05, 0) is 43.0 Å². The number of piperazine rings is 1. The average molecular weight is 492 g/mol. The molecule has 0 radical (unpaired) electrons. The number of nitrogens with zero attached hydrogens (tertiary/aromatic N) is 2. The molecule has 4 rings (SSSR count). The number of halogens is 3. The first-order chi connectivity index (χ1) is 15.9. The molecule has 0 aromatic heterocycles. The van der Waals surface area contributed by atoms with Gasteiger partial charge in [-0.25, -0.2) is 4.39 Å².